The van der Waals surface area contributed by atoms with Gasteiger partial charge in [-0.3, -0.25) is 9.59 Å². The molecule has 4 N–H and O–H groups in total. The lowest BCUT2D eigenvalue weighted by atomic mass is 9.96. The lowest BCUT2D eigenvalue weighted by molar-refractivity contribution is -0.116. The number of carbonyl (C=O) groups is 2. The molecule has 0 bridgehead atoms. The van der Waals surface area contributed by atoms with Gasteiger partial charge in [-0.05, 0) is 72.2 Å². The number of methoxy groups -OCH3 is 2. The molecule has 3 aromatic heterocycles. The van der Waals surface area contributed by atoms with E-state index in [1.54, 1.807) is 32.6 Å². The summed E-state index contributed by atoms with van der Waals surface area (Å²) in [5, 5.41) is 9.92. The van der Waals surface area contributed by atoms with E-state index in [4.69, 9.17) is 15.2 Å². The first kappa shape index (κ1) is 33.7. The molecule has 0 atom stereocenters. The van der Waals surface area contributed by atoms with Gasteiger partial charge in [0, 0.05) is 71.1 Å². The lowest BCUT2D eigenvalue weighted by Crippen LogP contribution is -2.38. The minimum atomic E-state index is -0.232. The van der Waals surface area contributed by atoms with Crippen LogP contribution >= 0.6 is 11.3 Å². The number of hydrogen-bond donors (Lipinski definition) is 3. The van der Waals surface area contributed by atoms with Crippen LogP contribution in [0.4, 0.5) is 17.2 Å². The Balaban J connectivity index is 1.02. The molecule has 4 heterocycles. The minimum Gasteiger partial charge on any atom is -0.495 e. The Hall–Kier alpha value is -5.81. The molecule has 260 valence electrons. The standard InChI is InChI=1S/C40H40N6O4S/c1-45-31-9-5-4-8-27(31)20-33(45)40(48)44-30-14-12-26(21-35(30)50-3)29-24-51-38-28(23-43-39(41)37(29)38)13-15-36(47)42-22-25-16-18-46(19-17-25)32-10-6-7-11-34(32)49-2/h4-15,20-21,23-25H,16-19,22H2,1-3H3,(H2,41,43)(H,42,47)(H,44,48). The van der Waals surface area contributed by atoms with Gasteiger partial charge >= 0.3 is 0 Å². The SMILES string of the molecule is COc1cc(-c2csc3c(C=CC(=O)NCC4CCN(c5ccccc5OC)CC4)cnc(N)c23)ccc1NC(=O)c1cc2ccccc2n1C. The number of aromatic nitrogens is 2. The van der Waals surface area contributed by atoms with Crippen LogP contribution in [0.1, 0.15) is 28.9 Å². The lowest BCUT2D eigenvalue weighted by Gasteiger charge is -2.34. The van der Waals surface area contributed by atoms with Crippen molar-refractivity contribution in [1.82, 2.24) is 14.9 Å². The number of benzene rings is 3. The van der Waals surface area contributed by atoms with Crippen LogP contribution < -0.4 is 30.7 Å². The summed E-state index contributed by atoms with van der Waals surface area (Å²) in [4.78, 5) is 33.0. The van der Waals surface area contributed by atoms with E-state index in [9.17, 15) is 9.59 Å². The van der Waals surface area contributed by atoms with Crippen LogP contribution in [-0.2, 0) is 11.8 Å². The molecular weight excluding hydrogens is 661 g/mol. The van der Waals surface area contributed by atoms with E-state index in [0.29, 0.717) is 35.4 Å². The monoisotopic (exact) mass is 700 g/mol. The Morgan fingerprint density at radius 1 is 1.00 bits per heavy atom. The van der Waals surface area contributed by atoms with E-state index < -0.39 is 0 Å². The molecule has 0 unspecified atom stereocenters. The topological polar surface area (TPSA) is 124 Å². The summed E-state index contributed by atoms with van der Waals surface area (Å²) >= 11 is 1.54. The molecule has 1 fully saturated rings. The molecule has 0 spiro atoms. The van der Waals surface area contributed by atoms with Crippen molar-refractivity contribution in [2.45, 2.75) is 12.8 Å². The van der Waals surface area contributed by atoms with Gasteiger partial charge in [0.1, 0.15) is 23.0 Å². The maximum atomic E-state index is 13.3. The van der Waals surface area contributed by atoms with E-state index in [0.717, 1.165) is 75.0 Å². The van der Waals surface area contributed by atoms with Crippen molar-refractivity contribution in [3.05, 3.63) is 102 Å². The smallest absolute Gasteiger partial charge is 0.272 e. The third-order valence-electron chi connectivity index (χ3n) is 9.62. The van der Waals surface area contributed by atoms with Crippen molar-refractivity contribution < 1.29 is 19.1 Å². The number of nitrogens with zero attached hydrogens (tertiary/aromatic N) is 3. The Morgan fingerprint density at radius 3 is 2.55 bits per heavy atom. The third kappa shape index (κ3) is 6.85. The number of fused-ring (bicyclic) bond motifs is 2. The second-order valence-corrected chi connectivity index (χ2v) is 13.5. The number of pyridine rings is 1. The molecule has 6 aromatic rings. The summed E-state index contributed by atoms with van der Waals surface area (Å²) in [5.41, 5.74) is 12.2. The van der Waals surface area contributed by atoms with Crippen molar-refractivity contribution >= 4 is 67.4 Å². The molecule has 2 amide bonds. The maximum absolute atomic E-state index is 13.3. The number of nitrogens with two attached hydrogens (primary N) is 1. The second-order valence-electron chi connectivity index (χ2n) is 12.6. The molecule has 0 aliphatic carbocycles. The maximum Gasteiger partial charge on any atom is 0.272 e. The first-order valence-corrected chi connectivity index (χ1v) is 17.8. The second kappa shape index (κ2) is 14.6. The number of rotatable bonds is 10. The van der Waals surface area contributed by atoms with E-state index in [2.05, 4.69) is 26.6 Å². The molecule has 0 saturated carbocycles. The van der Waals surface area contributed by atoms with Gasteiger partial charge in [0.2, 0.25) is 5.91 Å². The molecule has 0 radical (unpaired) electrons. The van der Waals surface area contributed by atoms with Crippen LogP contribution in [0, 0.1) is 5.92 Å². The van der Waals surface area contributed by atoms with Crippen molar-refractivity contribution in [2.24, 2.45) is 13.0 Å². The van der Waals surface area contributed by atoms with Crippen LogP contribution in [0.15, 0.2) is 90.4 Å². The fraction of sp³-hybridized carbons (Fsp3) is 0.225. The van der Waals surface area contributed by atoms with Crippen molar-refractivity contribution in [3.63, 3.8) is 0 Å². The number of anilines is 3. The zero-order valence-corrected chi connectivity index (χ0v) is 29.6. The third-order valence-corrected chi connectivity index (χ3v) is 10.6. The van der Waals surface area contributed by atoms with Crippen molar-refractivity contribution in [3.8, 4) is 22.6 Å². The van der Waals surface area contributed by atoms with Gasteiger partial charge in [0.25, 0.3) is 5.91 Å². The normalized spacial score (nSPS) is 13.6. The molecule has 10 nitrogen and oxygen atoms in total. The van der Waals surface area contributed by atoms with E-state index in [-0.39, 0.29) is 11.8 Å². The van der Waals surface area contributed by atoms with Gasteiger partial charge < -0.3 is 35.3 Å². The highest BCUT2D eigenvalue weighted by Crippen LogP contribution is 2.41. The van der Waals surface area contributed by atoms with Gasteiger partial charge in [0.05, 0.1) is 25.6 Å². The highest BCUT2D eigenvalue weighted by atomic mass is 32.1. The number of piperidine rings is 1. The molecule has 7 rings (SSSR count). The van der Waals surface area contributed by atoms with Crippen LogP contribution in [0.5, 0.6) is 11.5 Å². The highest BCUT2D eigenvalue weighted by Gasteiger charge is 2.22. The molecule has 1 aliphatic heterocycles. The van der Waals surface area contributed by atoms with Gasteiger partial charge in [-0.15, -0.1) is 11.3 Å². The van der Waals surface area contributed by atoms with Crippen LogP contribution in [-0.4, -0.2) is 55.2 Å². The Morgan fingerprint density at radius 2 is 1.76 bits per heavy atom. The number of aryl methyl sites for hydroxylation is 1. The molecule has 1 saturated heterocycles. The zero-order chi connectivity index (χ0) is 35.5. The van der Waals surface area contributed by atoms with E-state index in [1.165, 1.54) is 11.3 Å². The molecular formula is C40H40N6O4S. The first-order chi connectivity index (χ1) is 24.8. The predicted octanol–water partition coefficient (Wildman–Crippen LogP) is 7.35. The van der Waals surface area contributed by atoms with E-state index in [1.807, 2.05) is 83.7 Å². The quantitative estimate of drug-likeness (QED) is 0.128. The number of hydrogen-bond acceptors (Lipinski definition) is 8. The Kier molecular flexibility index (Phi) is 9.63. The summed E-state index contributed by atoms with van der Waals surface area (Å²) in [6.45, 7) is 2.46. The average Bonchev–Trinajstić information content (AvgIpc) is 3.77. The van der Waals surface area contributed by atoms with Crippen LogP contribution in [0.2, 0.25) is 0 Å². The number of nitrogen functional groups attached to an aromatic ring is 1. The number of para-hydroxylation sites is 3. The fourth-order valence-electron chi connectivity index (χ4n) is 6.81. The number of thiophene rings is 1. The van der Waals surface area contributed by atoms with Crippen molar-refractivity contribution in [2.75, 3.05) is 49.8 Å². The van der Waals surface area contributed by atoms with Crippen LogP contribution in [0.3, 0.4) is 0 Å². The summed E-state index contributed by atoms with van der Waals surface area (Å²) in [5.74, 6) is 1.83. The first-order valence-electron chi connectivity index (χ1n) is 16.9. The van der Waals surface area contributed by atoms with Crippen LogP contribution in [0.25, 0.3) is 38.2 Å². The predicted molar refractivity (Wildman–Crippen MR) is 207 cm³/mol. The van der Waals surface area contributed by atoms with E-state index >= 15 is 0 Å². The largest absolute Gasteiger partial charge is 0.495 e. The fourth-order valence-corrected chi connectivity index (χ4v) is 7.89. The molecule has 3 aromatic carbocycles. The number of amides is 2. The van der Waals surface area contributed by atoms with Crippen molar-refractivity contribution in [1.29, 1.82) is 0 Å². The number of nitrogens with one attached hydrogen (secondary N) is 2. The summed E-state index contributed by atoms with van der Waals surface area (Å²) < 4.78 is 14.1. The Labute approximate surface area is 300 Å². The van der Waals surface area contributed by atoms with Gasteiger partial charge in [0.15, 0.2) is 0 Å². The van der Waals surface area contributed by atoms with Gasteiger partial charge in [-0.1, -0.05) is 36.4 Å². The average molecular weight is 701 g/mol. The summed E-state index contributed by atoms with van der Waals surface area (Å²) in [7, 11) is 5.15. The molecule has 11 heteroatoms. The van der Waals surface area contributed by atoms with Gasteiger partial charge in [-0.2, -0.15) is 0 Å². The molecule has 51 heavy (non-hydrogen) atoms. The Bertz CT molecular complexity index is 2270. The van der Waals surface area contributed by atoms with Gasteiger partial charge in [-0.25, -0.2) is 4.98 Å². The highest BCUT2D eigenvalue weighted by molar-refractivity contribution is 7.18. The number of carbonyl (C=O) groups excluding carboxylic acids is 2. The zero-order valence-electron chi connectivity index (χ0n) is 28.8. The summed E-state index contributed by atoms with van der Waals surface area (Å²) in [6, 6.07) is 23.5. The minimum absolute atomic E-state index is 0.144. The number of ether oxygens (including phenoxy) is 2. The molecule has 1 aliphatic rings. The summed E-state index contributed by atoms with van der Waals surface area (Å²) in [6.07, 6.45) is 7.03.